The predicted octanol–water partition coefficient (Wildman–Crippen LogP) is 41.0. The van der Waals surface area contributed by atoms with Crippen molar-refractivity contribution in [3.63, 3.8) is 0 Å². The summed E-state index contributed by atoms with van der Waals surface area (Å²) in [6.45, 7) is 17.1. The van der Waals surface area contributed by atoms with E-state index in [9.17, 15) is 0 Å². The first-order valence-electron chi connectivity index (χ1n) is 52.0. The molecule has 0 aliphatic heterocycles. The molecule has 16 atom stereocenters. The van der Waals surface area contributed by atoms with Gasteiger partial charge in [0.05, 0.1) is 0 Å². The molecule has 0 N–H and O–H groups in total. The number of hydrogen-bond donors (Lipinski definition) is 0. The molecule has 12 aliphatic rings. The molecule has 0 amide bonds. The maximum absolute atomic E-state index is 4.93. The van der Waals surface area contributed by atoms with Crippen LogP contribution in [0.5, 0.6) is 0 Å². The number of rotatable bonds is 26. The Morgan fingerprint density at radius 2 is 0.447 bits per heavy atom. The van der Waals surface area contributed by atoms with Crippen LogP contribution in [-0.4, -0.2) is 0 Å². The number of hydrogen-bond acceptors (Lipinski definition) is 0. The summed E-state index contributed by atoms with van der Waals surface area (Å²) in [5.74, 6) is 13.9. The van der Waals surface area contributed by atoms with Crippen LogP contribution < -0.4 is 0 Å². The third-order valence-electron chi connectivity index (χ3n) is 34.3. The molecule has 8 aromatic rings. The topological polar surface area (TPSA) is 0 Å². The summed E-state index contributed by atoms with van der Waals surface area (Å²) in [5.41, 5.74) is 12.9. The molecule has 0 saturated heterocycles. The second-order valence-corrected chi connectivity index (χ2v) is 51.9. The number of benzene rings is 8. The van der Waals surface area contributed by atoms with Crippen molar-refractivity contribution in [2.45, 2.75) is 243 Å². The van der Waals surface area contributed by atoms with Crippen molar-refractivity contribution in [2.75, 3.05) is 0 Å². The van der Waals surface area contributed by atoms with Crippen LogP contribution in [0, 0.1) is 163 Å². The van der Waals surface area contributed by atoms with Crippen molar-refractivity contribution in [3.8, 4) is 0 Å². The first-order chi connectivity index (χ1) is 66.1. The van der Waals surface area contributed by atoms with Crippen LogP contribution in [0.3, 0.4) is 0 Å². The van der Waals surface area contributed by atoms with E-state index in [0.717, 1.165) is 60.2 Å². The van der Waals surface area contributed by atoms with Gasteiger partial charge < -0.3 is 44.6 Å². The Morgan fingerprint density at radius 3 is 0.638 bits per heavy atom. The van der Waals surface area contributed by atoms with Crippen molar-refractivity contribution < 1.29 is 62.5 Å². The third kappa shape index (κ3) is 28.8. The van der Waals surface area contributed by atoms with Crippen molar-refractivity contribution in [3.05, 3.63) is 454 Å². The summed E-state index contributed by atoms with van der Waals surface area (Å²) in [6.07, 6.45) is 81.9. The van der Waals surface area contributed by atoms with E-state index in [0.29, 0.717) is 71.0 Å². The van der Waals surface area contributed by atoms with Crippen LogP contribution in [0.1, 0.15) is 266 Å². The molecular formula is C132H174Cl6Zr3. The summed E-state index contributed by atoms with van der Waals surface area (Å²) in [5, 5.41) is 0. The zero-order valence-electron chi connectivity index (χ0n) is 86.7. The summed E-state index contributed by atoms with van der Waals surface area (Å²) in [7, 11) is 29.6. The molecule has 0 aromatic heterocycles. The van der Waals surface area contributed by atoms with E-state index in [2.05, 4.69) is 393 Å². The van der Waals surface area contributed by atoms with Gasteiger partial charge in [0.25, 0.3) is 0 Å². The number of halogens is 6. The molecular weight excluding hydrogens is 2070 g/mol. The van der Waals surface area contributed by atoms with Crippen LogP contribution in [0.15, 0.2) is 365 Å². The van der Waals surface area contributed by atoms with Crippen LogP contribution in [0.25, 0.3) is 0 Å². The Kier molecular flexibility index (Phi) is 58.2. The zero-order chi connectivity index (χ0) is 93.8. The van der Waals surface area contributed by atoms with Gasteiger partial charge in [0, 0.05) is 21.7 Å². The van der Waals surface area contributed by atoms with Gasteiger partial charge in [0.1, 0.15) is 0 Å². The van der Waals surface area contributed by atoms with Gasteiger partial charge in [0.15, 0.2) is 0 Å². The van der Waals surface area contributed by atoms with Gasteiger partial charge in [-0.25, -0.2) is 0 Å². The van der Waals surface area contributed by atoms with E-state index < -0.39 is 62.5 Å². The molecule has 0 heterocycles. The standard InChI is InChI=1S/C31H38.C31H36.C30H36.C30H34.C3H8.CH4.6CH3.6ClH.3Zr/c2*1-2-3-14-24-23-30(29-22-13-12-21-28(24)29)31(27-19-10-11-20-27,25-15-6-4-7-16-25)26-17-8-5-9-18-26;2*1-2-13-23-22-29(28-21-12-11-20-27(23)28)30(26-18-9-10-19-26,24-14-5-3-6-15-24)25-16-7-4-8-17-25;1-3-2;;;;;;;;;;;;;;;;/h4-9,12-13,15-18,21-22,24,27-30H,2-3,10-11,14,19-20,23H2,1H3;2,4-9,12-13,15-18,21-22,24,27-30H,1,3,10-11,14,19-20,23H2;3-8,11-12,14-17,20-21,23,26-29H,2,9-10,13,18-19,22H2,1H3;2-8,11-12,14-17,20-21,23,26-29H,1,9-10,13,18-19,22H2;3H2,1-2H3;1H4;6*1H3;6*1H;;;/q;;;;;;6*-1;;;;;;;3*+4/p-6. The fourth-order valence-electron chi connectivity index (χ4n) is 29.9. The van der Waals surface area contributed by atoms with Gasteiger partial charge in [-0.05, 0) is 266 Å². The summed E-state index contributed by atoms with van der Waals surface area (Å²) >= 11 is -2.48. The van der Waals surface area contributed by atoms with Crippen LogP contribution >= 0.6 is 51.1 Å². The number of allylic oxidation sites excluding steroid dienone is 18. The average molecular weight is 2250 g/mol. The monoisotopic (exact) mass is 2240 g/mol. The zero-order valence-corrected chi connectivity index (χ0v) is 98.6. The second-order valence-electron chi connectivity index (χ2n) is 40.7. The molecule has 756 valence electrons. The SMILES string of the molecule is C.C=CCC1CC(C(c2ccccc2)(c2ccccc2)C2CCCC2)C2C=CC=CC12.C=CCCC1CC(C(c2ccccc2)(c2ccccc2)C2CCCC2)C2C=CC=CC12.CCC.CCCC1CC(C(c2ccccc2)(c2ccccc2)C2CCCC2)C2C=CC=CC12.CCCCC1CC(C(c2ccccc2)(c2ccccc2)C2CCCC2)C2C=CC=CC12.[CH3-].[CH3-].[CH3-].[CH3-].[CH3-].[CH3-].[Cl][Zr+2][Cl].[Cl][Zr+2][Cl].[Cl][Zr+2][Cl]. The van der Waals surface area contributed by atoms with Gasteiger partial charge in [-0.1, -0.05) is 471 Å². The minimum atomic E-state index is -0.826. The maximum atomic E-state index is 4.93. The van der Waals surface area contributed by atoms with Gasteiger partial charge in [0.2, 0.25) is 0 Å². The molecule has 0 spiro atoms. The average Bonchev–Trinajstić information content (AvgIpc) is 1.69. The van der Waals surface area contributed by atoms with Crippen molar-refractivity contribution in [1.29, 1.82) is 0 Å². The van der Waals surface area contributed by atoms with E-state index >= 15 is 0 Å². The fraction of sp³-hybridized carbons (Fsp3) is 0.439. The fourth-order valence-corrected chi connectivity index (χ4v) is 29.9. The number of fused-ring (bicyclic) bond motifs is 4. The van der Waals surface area contributed by atoms with Crippen molar-refractivity contribution in [2.24, 2.45) is 118 Å². The summed E-state index contributed by atoms with van der Waals surface area (Å²) in [6, 6.07) is 92.7. The molecule has 8 fully saturated rings. The van der Waals surface area contributed by atoms with E-state index in [4.69, 9.17) is 51.1 Å². The van der Waals surface area contributed by atoms with E-state index in [1.807, 2.05) is 0 Å². The number of unbranched alkanes of at least 4 members (excludes halogenated alkanes) is 1. The third-order valence-corrected chi connectivity index (χ3v) is 34.3. The van der Waals surface area contributed by atoms with Crippen LogP contribution in [0.2, 0.25) is 0 Å². The van der Waals surface area contributed by atoms with Gasteiger partial charge >= 0.3 is 114 Å². The Balaban J connectivity index is 0.000000273. The van der Waals surface area contributed by atoms with Crippen LogP contribution in [0.4, 0.5) is 0 Å². The normalized spacial score (nSPS) is 24.9. The van der Waals surface area contributed by atoms with E-state index in [-0.39, 0.29) is 73.6 Å². The molecule has 141 heavy (non-hydrogen) atoms. The van der Waals surface area contributed by atoms with Gasteiger partial charge in [-0.3, -0.25) is 0 Å². The molecule has 16 unspecified atom stereocenters. The molecule has 9 heteroatoms. The Bertz CT molecular complexity index is 4760. The van der Waals surface area contributed by atoms with Gasteiger partial charge in [-0.2, -0.15) is 0 Å². The molecule has 0 bridgehead atoms. The predicted molar refractivity (Wildman–Crippen MR) is 615 cm³/mol. The molecule has 12 aliphatic carbocycles. The second kappa shape index (κ2) is 65.5. The van der Waals surface area contributed by atoms with E-state index in [1.165, 1.54) is 184 Å². The summed E-state index contributed by atoms with van der Waals surface area (Å²) < 4.78 is 0. The van der Waals surface area contributed by atoms with Crippen LogP contribution in [-0.2, 0) is 84.2 Å². The molecule has 20 rings (SSSR count). The van der Waals surface area contributed by atoms with Crippen molar-refractivity contribution >= 4 is 51.1 Å². The molecule has 0 nitrogen and oxygen atoms in total. The first-order valence-corrected chi connectivity index (χ1v) is 71.0. The molecule has 0 radical (unpaired) electrons. The molecule has 8 aromatic carbocycles. The van der Waals surface area contributed by atoms with Crippen molar-refractivity contribution in [1.82, 2.24) is 0 Å². The minimum absolute atomic E-state index is 0. The summed E-state index contributed by atoms with van der Waals surface area (Å²) in [4.78, 5) is 0. The van der Waals surface area contributed by atoms with E-state index in [1.54, 1.807) is 33.4 Å². The Labute approximate surface area is 919 Å². The molecule has 8 saturated carbocycles. The van der Waals surface area contributed by atoms with Gasteiger partial charge in [-0.15, -0.1) is 13.2 Å². The Morgan fingerprint density at radius 1 is 0.262 bits per heavy atom. The first kappa shape index (κ1) is 125. The Hall–Kier alpha value is -4.45. The quantitative estimate of drug-likeness (QED) is 0.0374.